The van der Waals surface area contributed by atoms with Crippen LogP contribution in [-0.4, -0.2) is 36.5 Å². The van der Waals surface area contributed by atoms with E-state index >= 15 is 0 Å². The SMILES string of the molecule is CNCC(=O)c1cnc(OC)nc1. The fraction of sp³-hybridized carbons (Fsp3) is 0.375. The molecule has 0 fully saturated rings. The molecule has 1 aromatic heterocycles. The van der Waals surface area contributed by atoms with Crippen molar-refractivity contribution in [3.8, 4) is 6.01 Å². The number of hydrogen-bond donors (Lipinski definition) is 1. The van der Waals surface area contributed by atoms with Crippen molar-refractivity contribution in [2.45, 2.75) is 0 Å². The molecule has 5 heteroatoms. The standard InChI is InChI=1S/C8H11N3O2/c1-9-5-7(12)6-3-10-8(13-2)11-4-6/h3-4,9H,5H2,1-2H3. The van der Waals surface area contributed by atoms with E-state index in [1.165, 1.54) is 19.5 Å². The minimum atomic E-state index is -0.0369. The molecule has 5 nitrogen and oxygen atoms in total. The fourth-order valence-electron chi connectivity index (χ4n) is 0.828. The summed E-state index contributed by atoms with van der Waals surface area (Å²) in [6.07, 6.45) is 2.90. The number of nitrogens with zero attached hydrogens (tertiary/aromatic N) is 2. The Labute approximate surface area is 76.2 Å². The van der Waals surface area contributed by atoms with Crippen LogP contribution in [0.15, 0.2) is 12.4 Å². The van der Waals surface area contributed by atoms with Crippen molar-refractivity contribution in [1.29, 1.82) is 0 Å². The lowest BCUT2D eigenvalue weighted by atomic mass is 10.2. The van der Waals surface area contributed by atoms with Gasteiger partial charge >= 0.3 is 6.01 Å². The van der Waals surface area contributed by atoms with E-state index in [0.29, 0.717) is 5.56 Å². The van der Waals surface area contributed by atoms with Crippen molar-refractivity contribution in [2.75, 3.05) is 20.7 Å². The Morgan fingerprint density at radius 3 is 2.62 bits per heavy atom. The molecule has 13 heavy (non-hydrogen) atoms. The van der Waals surface area contributed by atoms with Crippen LogP contribution in [-0.2, 0) is 0 Å². The first kappa shape index (κ1) is 9.60. The van der Waals surface area contributed by atoms with Crippen LogP contribution in [0, 0.1) is 0 Å². The van der Waals surface area contributed by atoms with E-state index in [9.17, 15) is 4.79 Å². The molecule has 0 unspecified atom stereocenters. The summed E-state index contributed by atoms with van der Waals surface area (Å²) in [5.41, 5.74) is 0.482. The second-order valence-electron chi connectivity index (χ2n) is 2.41. The Bertz CT molecular complexity index is 284. The summed E-state index contributed by atoms with van der Waals surface area (Å²) in [7, 11) is 3.19. The lowest BCUT2D eigenvalue weighted by molar-refractivity contribution is 0.0992. The Morgan fingerprint density at radius 2 is 2.15 bits per heavy atom. The Morgan fingerprint density at radius 1 is 1.54 bits per heavy atom. The normalized spacial score (nSPS) is 9.69. The number of methoxy groups -OCH3 is 1. The third-order valence-electron chi connectivity index (χ3n) is 1.47. The second kappa shape index (κ2) is 4.51. The third-order valence-corrected chi connectivity index (χ3v) is 1.47. The summed E-state index contributed by atoms with van der Waals surface area (Å²) < 4.78 is 4.76. The first-order valence-corrected chi connectivity index (χ1v) is 3.81. The Hall–Kier alpha value is -1.49. The second-order valence-corrected chi connectivity index (χ2v) is 2.41. The summed E-state index contributed by atoms with van der Waals surface area (Å²) in [5.74, 6) is -0.0369. The zero-order chi connectivity index (χ0) is 9.68. The zero-order valence-electron chi connectivity index (χ0n) is 7.57. The number of carbonyl (C=O) groups is 1. The van der Waals surface area contributed by atoms with Gasteiger partial charge in [0.2, 0.25) is 0 Å². The van der Waals surface area contributed by atoms with Crippen molar-refractivity contribution < 1.29 is 9.53 Å². The number of ketones is 1. The topological polar surface area (TPSA) is 64.1 Å². The first-order valence-electron chi connectivity index (χ1n) is 3.81. The van der Waals surface area contributed by atoms with E-state index in [0.717, 1.165) is 0 Å². The molecule has 1 N–H and O–H groups in total. The van der Waals surface area contributed by atoms with Crippen LogP contribution in [0.5, 0.6) is 6.01 Å². The maximum absolute atomic E-state index is 11.3. The van der Waals surface area contributed by atoms with Crippen molar-refractivity contribution in [1.82, 2.24) is 15.3 Å². The van der Waals surface area contributed by atoms with Gasteiger partial charge < -0.3 is 10.1 Å². The van der Waals surface area contributed by atoms with Crippen LogP contribution in [0.4, 0.5) is 0 Å². The number of hydrogen-bond acceptors (Lipinski definition) is 5. The average molecular weight is 181 g/mol. The predicted octanol–water partition coefficient (Wildman–Crippen LogP) is -0.113. The minimum absolute atomic E-state index is 0.0369. The molecule has 0 amide bonds. The number of nitrogens with one attached hydrogen (secondary N) is 1. The highest BCUT2D eigenvalue weighted by atomic mass is 16.5. The summed E-state index contributed by atoms with van der Waals surface area (Å²) in [6.45, 7) is 0.287. The molecule has 0 atom stereocenters. The van der Waals surface area contributed by atoms with E-state index in [1.54, 1.807) is 7.05 Å². The van der Waals surface area contributed by atoms with Crippen molar-refractivity contribution in [2.24, 2.45) is 0 Å². The summed E-state index contributed by atoms with van der Waals surface area (Å²) in [6, 6.07) is 0.265. The van der Waals surface area contributed by atoms with Crippen LogP contribution in [0.3, 0.4) is 0 Å². The van der Waals surface area contributed by atoms with Gasteiger partial charge in [0, 0.05) is 12.4 Å². The third kappa shape index (κ3) is 2.48. The number of likely N-dealkylation sites (N-methyl/N-ethyl adjacent to an activating group) is 1. The number of carbonyl (C=O) groups excluding carboxylic acids is 1. The van der Waals surface area contributed by atoms with Crippen LogP contribution in [0.25, 0.3) is 0 Å². The lowest BCUT2D eigenvalue weighted by Gasteiger charge is -1.99. The molecule has 0 aliphatic carbocycles. The predicted molar refractivity (Wildman–Crippen MR) is 46.8 cm³/mol. The van der Waals surface area contributed by atoms with Gasteiger partial charge in [-0.05, 0) is 7.05 Å². The number of rotatable bonds is 4. The monoisotopic (exact) mass is 181 g/mol. The number of Topliss-reactive ketones (excluding diaryl/α,β-unsaturated/α-hetero) is 1. The smallest absolute Gasteiger partial charge is 0.316 e. The average Bonchev–Trinajstić information content (AvgIpc) is 2.18. The van der Waals surface area contributed by atoms with Gasteiger partial charge in [-0.15, -0.1) is 0 Å². The van der Waals surface area contributed by atoms with Gasteiger partial charge in [0.25, 0.3) is 0 Å². The van der Waals surface area contributed by atoms with E-state index in [4.69, 9.17) is 4.74 Å². The highest BCUT2D eigenvalue weighted by Gasteiger charge is 2.05. The van der Waals surface area contributed by atoms with Gasteiger partial charge in [0.05, 0.1) is 19.2 Å². The zero-order valence-corrected chi connectivity index (χ0v) is 7.57. The molecular weight excluding hydrogens is 170 g/mol. The highest BCUT2D eigenvalue weighted by Crippen LogP contribution is 2.01. The highest BCUT2D eigenvalue weighted by molar-refractivity contribution is 5.97. The van der Waals surface area contributed by atoms with Crippen molar-refractivity contribution >= 4 is 5.78 Å². The first-order chi connectivity index (χ1) is 6.27. The van der Waals surface area contributed by atoms with Gasteiger partial charge in [0.1, 0.15) is 0 Å². The van der Waals surface area contributed by atoms with E-state index < -0.39 is 0 Å². The molecule has 0 aliphatic rings. The molecular formula is C8H11N3O2. The van der Waals surface area contributed by atoms with E-state index in [1.807, 2.05) is 0 Å². The van der Waals surface area contributed by atoms with Crippen LogP contribution >= 0.6 is 0 Å². The molecule has 1 rings (SSSR count). The van der Waals surface area contributed by atoms with Gasteiger partial charge in [-0.2, -0.15) is 0 Å². The molecule has 0 aliphatic heterocycles. The summed E-state index contributed by atoms with van der Waals surface area (Å²) >= 11 is 0. The van der Waals surface area contributed by atoms with Crippen LogP contribution < -0.4 is 10.1 Å². The van der Waals surface area contributed by atoms with Crippen molar-refractivity contribution in [3.63, 3.8) is 0 Å². The van der Waals surface area contributed by atoms with Gasteiger partial charge in [-0.1, -0.05) is 0 Å². The van der Waals surface area contributed by atoms with Crippen LogP contribution in [0.2, 0.25) is 0 Å². The number of ether oxygens (including phenoxy) is 1. The molecule has 0 spiro atoms. The Balaban J connectivity index is 2.74. The maximum atomic E-state index is 11.3. The molecule has 0 bridgehead atoms. The fourth-order valence-corrected chi connectivity index (χ4v) is 0.828. The minimum Gasteiger partial charge on any atom is -0.467 e. The van der Waals surface area contributed by atoms with E-state index in [2.05, 4.69) is 15.3 Å². The summed E-state index contributed by atoms with van der Waals surface area (Å²) in [5, 5.41) is 2.76. The summed E-state index contributed by atoms with van der Waals surface area (Å²) in [4.78, 5) is 18.9. The Kier molecular flexibility index (Phi) is 3.33. The van der Waals surface area contributed by atoms with Gasteiger partial charge in [-0.25, -0.2) is 9.97 Å². The lowest BCUT2D eigenvalue weighted by Crippen LogP contribution is -2.18. The molecule has 0 aromatic carbocycles. The molecule has 0 saturated carbocycles. The number of aromatic nitrogens is 2. The van der Waals surface area contributed by atoms with Gasteiger partial charge in [-0.3, -0.25) is 4.79 Å². The quantitative estimate of drug-likeness (QED) is 0.656. The van der Waals surface area contributed by atoms with Gasteiger partial charge in [0.15, 0.2) is 5.78 Å². The van der Waals surface area contributed by atoms with Crippen molar-refractivity contribution in [3.05, 3.63) is 18.0 Å². The molecule has 0 radical (unpaired) electrons. The van der Waals surface area contributed by atoms with E-state index in [-0.39, 0.29) is 18.3 Å². The maximum Gasteiger partial charge on any atom is 0.316 e. The largest absolute Gasteiger partial charge is 0.467 e. The molecule has 1 aromatic rings. The molecule has 0 saturated heterocycles. The van der Waals surface area contributed by atoms with Crippen LogP contribution in [0.1, 0.15) is 10.4 Å². The molecule has 1 heterocycles. The molecule has 70 valence electrons.